The van der Waals surface area contributed by atoms with E-state index in [1.165, 1.54) is 6.20 Å². The van der Waals surface area contributed by atoms with Gasteiger partial charge < -0.3 is 20.5 Å². The molecule has 1 heterocycles. The van der Waals surface area contributed by atoms with Crippen LogP contribution in [0.5, 0.6) is 11.5 Å². The first-order valence-corrected chi connectivity index (χ1v) is 8.28. The predicted octanol–water partition coefficient (Wildman–Crippen LogP) is 2.67. The zero-order valence-corrected chi connectivity index (χ0v) is 15.1. The maximum absolute atomic E-state index is 12.5. The SMILES string of the molecule is COc1cccc(OC)c1CNC(=O)c1ccc(-c2cncc(N)n2)cc1. The Kier molecular flexibility index (Phi) is 5.51. The average Bonchev–Trinajstić information content (AvgIpc) is 2.71. The summed E-state index contributed by atoms with van der Waals surface area (Å²) in [6, 6.07) is 12.6. The van der Waals surface area contributed by atoms with Crippen LogP contribution in [0, 0.1) is 0 Å². The second kappa shape index (κ2) is 8.18. The van der Waals surface area contributed by atoms with Crippen molar-refractivity contribution in [3.63, 3.8) is 0 Å². The summed E-state index contributed by atoms with van der Waals surface area (Å²) in [7, 11) is 3.16. The number of carbonyl (C=O) groups excluding carboxylic acids is 1. The zero-order chi connectivity index (χ0) is 19.2. The fourth-order valence-corrected chi connectivity index (χ4v) is 2.69. The van der Waals surface area contributed by atoms with Gasteiger partial charge in [0.1, 0.15) is 17.3 Å². The minimum atomic E-state index is -0.201. The third-order valence-electron chi connectivity index (χ3n) is 4.05. The van der Waals surface area contributed by atoms with Crippen LogP contribution in [-0.2, 0) is 6.54 Å². The van der Waals surface area contributed by atoms with Gasteiger partial charge in [0, 0.05) is 11.1 Å². The molecule has 0 fully saturated rings. The molecule has 3 N–H and O–H groups in total. The zero-order valence-electron chi connectivity index (χ0n) is 15.1. The molecule has 0 aliphatic heterocycles. The van der Waals surface area contributed by atoms with Crippen molar-refractivity contribution >= 4 is 11.7 Å². The Morgan fingerprint density at radius 2 is 1.70 bits per heavy atom. The normalized spacial score (nSPS) is 10.3. The van der Waals surface area contributed by atoms with Crippen molar-refractivity contribution in [2.75, 3.05) is 20.0 Å². The highest BCUT2D eigenvalue weighted by Crippen LogP contribution is 2.28. The number of carbonyl (C=O) groups is 1. The number of nitrogens with one attached hydrogen (secondary N) is 1. The lowest BCUT2D eigenvalue weighted by molar-refractivity contribution is 0.0950. The average molecular weight is 364 g/mol. The molecule has 138 valence electrons. The third kappa shape index (κ3) is 4.14. The molecule has 1 aromatic heterocycles. The summed E-state index contributed by atoms with van der Waals surface area (Å²) in [5, 5.41) is 2.89. The summed E-state index contributed by atoms with van der Waals surface area (Å²) in [6.45, 7) is 0.286. The number of aromatic nitrogens is 2. The van der Waals surface area contributed by atoms with Crippen LogP contribution < -0.4 is 20.5 Å². The summed E-state index contributed by atoms with van der Waals surface area (Å²) >= 11 is 0. The van der Waals surface area contributed by atoms with E-state index >= 15 is 0 Å². The number of rotatable bonds is 6. The minimum absolute atomic E-state index is 0.201. The molecule has 7 nitrogen and oxygen atoms in total. The van der Waals surface area contributed by atoms with E-state index in [2.05, 4.69) is 15.3 Å². The van der Waals surface area contributed by atoms with Gasteiger partial charge in [-0.3, -0.25) is 9.78 Å². The quantitative estimate of drug-likeness (QED) is 0.698. The molecule has 0 atom stereocenters. The van der Waals surface area contributed by atoms with Crippen molar-refractivity contribution in [1.82, 2.24) is 15.3 Å². The molecule has 0 bridgehead atoms. The first kappa shape index (κ1) is 18.2. The van der Waals surface area contributed by atoms with Gasteiger partial charge in [0.25, 0.3) is 5.91 Å². The number of ether oxygens (including phenoxy) is 2. The van der Waals surface area contributed by atoms with Gasteiger partial charge >= 0.3 is 0 Å². The summed E-state index contributed by atoms with van der Waals surface area (Å²) in [5.74, 6) is 1.46. The van der Waals surface area contributed by atoms with Gasteiger partial charge in [0.05, 0.1) is 44.4 Å². The number of hydrogen-bond donors (Lipinski definition) is 2. The van der Waals surface area contributed by atoms with E-state index in [1.54, 1.807) is 32.5 Å². The number of hydrogen-bond acceptors (Lipinski definition) is 6. The largest absolute Gasteiger partial charge is 0.496 e. The highest BCUT2D eigenvalue weighted by molar-refractivity contribution is 5.94. The first-order valence-electron chi connectivity index (χ1n) is 8.28. The van der Waals surface area contributed by atoms with E-state index in [1.807, 2.05) is 30.3 Å². The van der Waals surface area contributed by atoms with Gasteiger partial charge in [-0.25, -0.2) is 4.98 Å². The van der Waals surface area contributed by atoms with E-state index < -0.39 is 0 Å². The number of nitrogens with two attached hydrogens (primary N) is 1. The number of benzene rings is 2. The minimum Gasteiger partial charge on any atom is -0.496 e. The number of methoxy groups -OCH3 is 2. The molecule has 0 aliphatic carbocycles. The molecule has 27 heavy (non-hydrogen) atoms. The summed E-state index contributed by atoms with van der Waals surface area (Å²) in [4.78, 5) is 20.7. The van der Waals surface area contributed by atoms with Crippen molar-refractivity contribution in [2.24, 2.45) is 0 Å². The van der Waals surface area contributed by atoms with E-state index in [-0.39, 0.29) is 12.5 Å². The monoisotopic (exact) mass is 364 g/mol. The van der Waals surface area contributed by atoms with Crippen LogP contribution in [0.25, 0.3) is 11.3 Å². The van der Waals surface area contributed by atoms with E-state index in [4.69, 9.17) is 15.2 Å². The lowest BCUT2D eigenvalue weighted by Crippen LogP contribution is -2.23. The fourth-order valence-electron chi connectivity index (χ4n) is 2.69. The molecule has 0 unspecified atom stereocenters. The van der Waals surface area contributed by atoms with Crippen LogP contribution in [0.15, 0.2) is 54.9 Å². The second-order valence-electron chi connectivity index (χ2n) is 5.73. The standard InChI is InChI=1S/C20H20N4O3/c1-26-17-4-3-5-18(27-2)15(17)10-23-20(25)14-8-6-13(7-9-14)16-11-22-12-19(21)24-16/h3-9,11-12H,10H2,1-2H3,(H2,21,24)(H,23,25). The Labute approximate surface area is 157 Å². The Bertz CT molecular complexity index is 920. The number of nitrogens with zero attached hydrogens (tertiary/aromatic N) is 2. The molecule has 0 saturated carbocycles. The van der Waals surface area contributed by atoms with E-state index in [9.17, 15) is 4.79 Å². The molecule has 0 spiro atoms. The number of nitrogen functional groups attached to an aromatic ring is 1. The molecule has 1 amide bonds. The van der Waals surface area contributed by atoms with Crippen molar-refractivity contribution in [3.8, 4) is 22.8 Å². The Morgan fingerprint density at radius 1 is 1.04 bits per heavy atom. The van der Waals surface area contributed by atoms with Gasteiger partial charge in [-0.1, -0.05) is 18.2 Å². The smallest absolute Gasteiger partial charge is 0.251 e. The second-order valence-corrected chi connectivity index (χ2v) is 5.73. The van der Waals surface area contributed by atoms with E-state index in [0.717, 1.165) is 11.1 Å². The van der Waals surface area contributed by atoms with Crippen molar-refractivity contribution in [2.45, 2.75) is 6.54 Å². The molecule has 0 saturated heterocycles. The molecular formula is C20H20N4O3. The molecule has 3 rings (SSSR count). The molecule has 0 aliphatic rings. The molecule has 7 heteroatoms. The van der Waals surface area contributed by atoms with Crippen LogP contribution in [-0.4, -0.2) is 30.1 Å². The number of amides is 1. The van der Waals surface area contributed by atoms with Gasteiger partial charge in [-0.2, -0.15) is 0 Å². The Hall–Kier alpha value is -3.61. The number of anilines is 1. The highest BCUT2D eigenvalue weighted by atomic mass is 16.5. The molecular weight excluding hydrogens is 344 g/mol. The predicted molar refractivity (Wildman–Crippen MR) is 103 cm³/mol. The van der Waals surface area contributed by atoms with Gasteiger partial charge in [0.2, 0.25) is 0 Å². The van der Waals surface area contributed by atoms with Crippen molar-refractivity contribution in [1.29, 1.82) is 0 Å². The first-order chi connectivity index (χ1) is 13.1. The van der Waals surface area contributed by atoms with Gasteiger partial charge in [-0.05, 0) is 24.3 Å². The van der Waals surface area contributed by atoms with Crippen LogP contribution in [0.4, 0.5) is 5.82 Å². The molecule has 0 radical (unpaired) electrons. The summed E-state index contributed by atoms with van der Waals surface area (Å²) in [5.41, 5.74) is 8.45. The fraction of sp³-hybridized carbons (Fsp3) is 0.150. The maximum atomic E-state index is 12.5. The van der Waals surface area contributed by atoms with Gasteiger partial charge in [-0.15, -0.1) is 0 Å². The Balaban J connectivity index is 1.72. The summed E-state index contributed by atoms with van der Waals surface area (Å²) < 4.78 is 10.7. The lowest BCUT2D eigenvalue weighted by Gasteiger charge is -2.13. The lowest BCUT2D eigenvalue weighted by atomic mass is 10.1. The Morgan fingerprint density at radius 3 is 2.30 bits per heavy atom. The molecule has 3 aromatic rings. The third-order valence-corrected chi connectivity index (χ3v) is 4.05. The van der Waals surface area contributed by atoms with Crippen molar-refractivity contribution in [3.05, 3.63) is 66.0 Å². The van der Waals surface area contributed by atoms with Gasteiger partial charge in [0.15, 0.2) is 0 Å². The van der Waals surface area contributed by atoms with Crippen LogP contribution in [0.3, 0.4) is 0 Å². The van der Waals surface area contributed by atoms with Crippen LogP contribution in [0.1, 0.15) is 15.9 Å². The highest BCUT2D eigenvalue weighted by Gasteiger charge is 2.12. The van der Waals surface area contributed by atoms with Crippen LogP contribution >= 0.6 is 0 Å². The molecule has 2 aromatic carbocycles. The summed E-state index contributed by atoms with van der Waals surface area (Å²) in [6.07, 6.45) is 3.11. The topological polar surface area (TPSA) is 99.4 Å². The van der Waals surface area contributed by atoms with Crippen molar-refractivity contribution < 1.29 is 14.3 Å². The van der Waals surface area contributed by atoms with E-state index in [0.29, 0.717) is 28.6 Å². The van der Waals surface area contributed by atoms with Crippen LogP contribution in [0.2, 0.25) is 0 Å². The maximum Gasteiger partial charge on any atom is 0.251 e.